The Morgan fingerprint density at radius 3 is 2.15 bits per heavy atom. The van der Waals surface area contributed by atoms with Gasteiger partial charge in [0.2, 0.25) is 5.91 Å². The summed E-state index contributed by atoms with van der Waals surface area (Å²) < 4.78 is 126. The van der Waals surface area contributed by atoms with Crippen LogP contribution in [0.15, 0.2) is 48.6 Å². The molecular weight excluding hydrogens is 647 g/mol. The summed E-state index contributed by atoms with van der Waals surface area (Å²) in [5.74, 6) is -1.16. The lowest BCUT2D eigenvalue weighted by molar-refractivity contribution is -0.274. The van der Waals surface area contributed by atoms with E-state index >= 15 is 0 Å². The van der Waals surface area contributed by atoms with Gasteiger partial charge in [-0.2, -0.15) is 31.1 Å². The van der Waals surface area contributed by atoms with E-state index in [4.69, 9.17) is 0 Å². The second-order valence-corrected chi connectivity index (χ2v) is 12.1. The van der Waals surface area contributed by atoms with Crippen LogP contribution in [0, 0.1) is 17.8 Å². The number of nitrogens with zero attached hydrogens (tertiary/aromatic N) is 6. The Kier molecular flexibility index (Phi) is 7.94. The molecule has 8 nitrogen and oxygen atoms in total. The van der Waals surface area contributed by atoms with Crippen molar-refractivity contribution in [2.24, 2.45) is 24.8 Å². The number of carbonyl (C=O) groups excluding carboxylic acids is 1. The third-order valence-corrected chi connectivity index (χ3v) is 8.82. The predicted octanol–water partition coefficient (Wildman–Crippen LogP) is 7.23. The van der Waals surface area contributed by atoms with Gasteiger partial charge in [0.15, 0.2) is 0 Å². The number of alkyl halides is 9. The van der Waals surface area contributed by atoms with Crippen LogP contribution in [0.25, 0.3) is 0 Å². The average Bonchev–Trinajstić information content (AvgIpc) is 3.71. The number of allylic oxidation sites excluding steroid dienone is 2. The summed E-state index contributed by atoms with van der Waals surface area (Å²) in [6.45, 7) is 1.09. The Morgan fingerprint density at radius 1 is 0.936 bits per heavy atom. The standard InChI is InChI=1S/C30H27F9N6O2/c1-15-7-25(44(27-40-42-43(2)41-27)14-17-9-19(28(31,32)33)12-20(10-17)29(34,35)36)23-13-21(47-30(37,38)39)5-6-24(23)45(15)26(46)22-11-16-3-4-18(22)8-16/h3-6,9-10,12-13,15-16,18,22,25H,7-8,11,14H2,1-2H3/t15-,16-,18+,22+,25+/m1/s1. The molecule has 2 aliphatic carbocycles. The van der Waals surface area contributed by atoms with E-state index < -0.39 is 59.8 Å². The average molecular weight is 675 g/mol. The highest BCUT2D eigenvalue weighted by molar-refractivity contribution is 5.98. The molecule has 6 rings (SSSR count). The smallest absolute Gasteiger partial charge is 0.406 e. The minimum atomic E-state index is -5.11. The van der Waals surface area contributed by atoms with Crippen molar-refractivity contribution in [2.75, 3.05) is 9.80 Å². The van der Waals surface area contributed by atoms with Gasteiger partial charge in [0.05, 0.1) is 24.2 Å². The first-order valence-corrected chi connectivity index (χ1v) is 14.6. The number of hydrogen-bond donors (Lipinski definition) is 0. The van der Waals surface area contributed by atoms with Crippen molar-refractivity contribution < 1.29 is 49.0 Å². The Morgan fingerprint density at radius 2 is 1.62 bits per heavy atom. The van der Waals surface area contributed by atoms with Gasteiger partial charge in [-0.05, 0) is 85.2 Å². The van der Waals surface area contributed by atoms with E-state index in [1.54, 1.807) is 6.92 Å². The number of rotatable bonds is 6. The Hall–Kier alpha value is -4.31. The largest absolute Gasteiger partial charge is 0.573 e. The number of aryl methyl sites for hydroxylation is 1. The number of halogens is 9. The van der Waals surface area contributed by atoms with E-state index in [1.165, 1.54) is 22.9 Å². The molecule has 0 spiro atoms. The molecule has 0 unspecified atom stereocenters. The molecule has 252 valence electrons. The highest BCUT2D eigenvalue weighted by Crippen LogP contribution is 2.49. The van der Waals surface area contributed by atoms with Gasteiger partial charge >= 0.3 is 18.7 Å². The van der Waals surface area contributed by atoms with Crippen LogP contribution < -0.4 is 14.5 Å². The Balaban J connectivity index is 1.47. The molecule has 2 heterocycles. The molecule has 1 amide bonds. The second kappa shape index (κ2) is 11.4. The lowest BCUT2D eigenvalue weighted by Gasteiger charge is -2.44. The molecule has 3 aromatic rings. The van der Waals surface area contributed by atoms with Gasteiger partial charge in [0, 0.05) is 29.8 Å². The number of aromatic nitrogens is 4. The highest BCUT2D eigenvalue weighted by Gasteiger charge is 2.46. The topological polar surface area (TPSA) is 76.4 Å². The maximum atomic E-state index is 14.0. The number of hydrogen-bond acceptors (Lipinski definition) is 6. The van der Waals surface area contributed by atoms with Gasteiger partial charge in [-0.1, -0.05) is 17.3 Å². The molecule has 3 aliphatic rings. The maximum Gasteiger partial charge on any atom is 0.573 e. The first-order valence-electron chi connectivity index (χ1n) is 14.6. The van der Waals surface area contributed by atoms with Crippen molar-refractivity contribution in [2.45, 2.75) is 63.5 Å². The molecular formula is C30H27F9N6O2. The van der Waals surface area contributed by atoms with E-state index in [9.17, 15) is 44.3 Å². The molecule has 0 saturated heterocycles. The van der Waals surface area contributed by atoms with Crippen LogP contribution in [-0.4, -0.2) is 38.5 Å². The molecule has 2 aromatic carbocycles. The van der Waals surface area contributed by atoms with Gasteiger partial charge in [-0.15, -0.1) is 18.3 Å². The van der Waals surface area contributed by atoms with Gasteiger partial charge in [0.1, 0.15) is 5.75 Å². The molecule has 47 heavy (non-hydrogen) atoms. The lowest BCUT2D eigenvalue weighted by atomic mass is 9.86. The minimum absolute atomic E-state index is 0.00150. The lowest BCUT2D eigenvalue weighted by Crippen LogP contribution is -2.49. The predicted molar refractivity (Wildman–Crippen MR) is 148 cm³/mol. The Bertz CT molecular complexity index is 1670. The first kappa shape index (κ1) is 32.6. The van der Waals surface area contributed by atoms with Gasteiger partial charge in [0.25, 0.3) is 5.95 Å². The van der Waals surface area contributed by atoms with E-state index in [1.807, 2.05) is 6.08 Å². The monoisotopic (exact) mass is 674 g/mol. The van der Waals surface area contributed by atoms with E-state index in [0.717, 1.165) is 23.4 Å². The summed E-state index contributed by atoms with van der Waals surface area (Å²) in [5, 5.41) is 11.8. The molecule has 5 atom stereocenters. The van der Waals surface area contributed by atoms with Crippen molar-refractivity contribution in [3.05, 3.63) is 70.8 Å². The number of ether oxygens (including phenoxy) is 1. The van der Waals surface area contributed by atoms with E-state index in [2.05, 4.69) is 26.2 Å². The van der Waals surface area contributed by atoms with E-state index in [0.29, 0.717) is 18.6 Å². The first-order chi connectivity index (χ1) is 21.9. The van der Waals surface area contributed by atoms with Gasteiger partial charge in [-0.3, -0.25) is 4.79 Å². The summed E-state index contributed by atoms with van der Waals surface area (Å²) in [6, 6.07) is 2.92. The number of fused-ring (bicyclic) bond motifs is 3. The Labute approximate surface area is 261 Å². The van der Waals surface area contributed by atoms with Crippen LogP contribution in [-0.2, 0) is 30.7 Å². The van der Waals surface area contributed by atoms with Gasteiger partial charge < -0.3 is 14.5 Å². The number of tetrazole rings is 1. The zero-order valence-corrected chi connectivity index (χ0v) is 24.7. The summed E-state index contributed by atoms with van der Waals surface area (Å²) in [6.07, 6.45) is -9.82. The van der Waals surface area contributed by atoms with E-state index in [-0.39, 0.29) is 53.3 Å². The van der Waals surface area contributed by atoms with Crippen LogP contribution in [0.5, 0.6) is 5.75 Å². The quantitative estimate of drug-likeness (QED) is 0.203. The van der Waals surface area contributed by atoms with Crippen molar-refractivity contribution in [3.8, 4) is 5.75 Å². The van der Waals surface area contributed by atoms with Crippen molar-refractivity contribution in [1.82, 2.24) is 20.2 Å². The van der Waals surface area contributed by atoms with Gasteiger partial charge in [-0.25, -0.2) is 0 Å². The number of carbonyl (C=O) groups is 1. The third-order valence-electron chi connectivity index (χ3n) is 8.82. The van der Waals surface area contributed by atoms with Crippen molar-refractivity contribution in [1.29, 1.82) is 0 Å². The van der Waals surface area contributed by atoms with Crippen molar-refractivity contribution in [3.63, 3.8) is 0 Å². The fraction of sp³-hybridized carbons (Fsp3) is 0.467. The maximum absolute atomic E-state index is 14.0. The second-order valence-electron chi connectivity index (χ2n) is 12.1. The van der Waals surface area contributed by atoms with Crippen LogP contribution in [0.3, 0.4) is 0 Å². The molecule has 0 N–H and O–H groups in total. The van der Waals surface area contributed by atoms with Crippen LogP contribution in [0.2, 0.25) is 0 Å². The SMILES string of the molecule is C[C@@H]1C[C@H](N(Cc2cc(C(F)(F)F)cc(C(F)(F)F)c2)c2nnn(C)n2)c2cc(OC(F)(F)F)ccc2N1C(=O)[C@H]1C[C@@H]2C=C[C@H]1C2. The fourth-order valence-electron chi connectivity index (χ4n) is 6.90. The third kappa shape index (κ3) is 6.61. The van der Waals surface area contributed by atoms with Crippen LogP contribution in [0.4, 0.5) is 51.1 Å². The summed E-state index contributed by atoms with van der Waals surface area (Å²) in [5.41, 5.74) is -3.14. The zero-order valence-electron chi connectivity index (χ0n) is 24.7. The molecule has 1 aromatic heterocycles. The number of amides is 1. The molecule has 0 radical (unpaired) electrons. The van der Waals surface area contributed by atoms with Crippen molar-refractivity contribution >= 4 is 17.5 Å². The molecule has 1 saturated carbocycles. The zero-order chi connectivity index (χ0) is 34.1. The molecule has 1 fully saturated rings. The normalized spacial score (nSPS) is 24.1. The summed E-state index contributed by atoms with van der Waals surface area (Å²) >= 11 is 0. The fourth-order valence-corrected chi connectivity index (χ4v) is 6.90. The molecule has 17 heteroatoms. The molecule has 1 aliphatic heterocycles. The minimum Gasteiger partial charge on any atom is -0.406 e. The number of benzene rings is 2. The highest BCUT2D eigenvalue weighted by atomic mass is 19.4. The van der Waals surface area contributed by atoms with Crippen LogP contribution in [0.1, 0.15) is 54.5 Å². The molecule has 2 bridgehead atoms. The summed E-state index contributed by atoms with van der Waals surface area (Å²) in [4.78, 5) is 17.8. The number of anilines is 2. The van der Waals surface area contributed by atoms with Crippen LogP contribution >= 0.6 is 0 Å². The summed E-state index contributed by atoms with van der Waals surface area (Å²) in [7, 11) is 1.39.